The molecule has 3 nitrogen and oxygen atoms in total. The second-order valence-corrected chi connectivity index (χ2v) is 5.90. The maximum Gasteiger partial charge on any atom is 0.127 e. The van der Waals surface area contributed by atoms with E-state index in [1.54, 1.807) is 0 Å². The molecule has 3 heteroatoms. The van der Waals surface area contributed by atoms with E-state index < -0.39 is 0 Å². The predicted octanol–water partition coefficient (Wildman–Crippen LogP) is 2.10. The molecule has 98 valence electrons. The Hall–Kier alpha value is -0.410. The summed E-state index contributed by atoms with van der Waals surface area (Å²) in [4.78, 5) is 13.9. The summed E-state index contributed by atoms with van der Waals surface area (Å²) in [5.41, 5.74) is -0.0587. The van der Waals surface area contributed by atoms with Gasteiger partial charge in [-0.15, -0.1) is 0 Å². The predicted molar refractivity (Wildman–Crippen MR) is 68.0 cm³/mol. The van der Waals surface area contributed by atoms with Crippen molar-refractivity contribution in [3.63, 3.8) is 0 Å². The molecule has 17 heavy (non-hydrogen) atoms. The number of carbonyl (C=O) groups is 1. The number of nitrogens with zero attached hydrogens (tertiary/aromatic N) is 1. The molecule has 2 rings (SSSR count). The average Bonchev–Trinajstić information content (AvgIpc) is 2.61. The first-order valence-corrected chi connectivity index (χ1v) is 7.00. The molecule has 1 aliphatic heterocycles. The highest BCUT2D eigenvalue weighted by Gasteiger charge is 2.35. The van der Waals surface area contributed by atoms with Crippen molar-refractivity contribution in [1.29, 1.82) is 0 Å². The zero-order valence-corrected chi connectivity index (χ0v) is 11.0. The molecule has 0 bridgehead atoms. The van der Waals surface area contributed by atoms with Crippen LogP contribution in [-0.4, -0.2) is 44.0 Å². The van der Waals surface area contributed by atoms with Crippen molar-refractivity contribution in [3.8, 4) is 0 Å². The number of ether oxygens (including phenoxy) is 1. The van der Waals surface area contributed by atoms with Gasteiger partial charge < -0.3 is 9.53 Å². The first-order valence-electron chi connectivity index (χ1n) is 7.00. The second-order valence-electron chi connectivity index (χ2n) is 5.90. The van der Waals surface area contributed by atoms with Crippen molar-refractivity contribution >= 4 is 6.29 Å². The van der Waals surface area contributed by atoms with Gasteiger partial charge in [-0.1, -0.05) is 6.92 Å². The fraction of sp³-hybridized carbons (Fsp3) is 0.929. The Bertz CT molecular complexity index is 239. The zero-order chi connectivity index (χ0) is 12.1. The molecule has 0 aromatic heterocycles. The van der Waals surface area contributed by atoms with Crippen molar-refractivity contribution in [2.45, 2.75) is 39.0 Å². The minimum atomic E-state index is -0.0587. The summed E-state index contributed by atoms with van der Waals surface area (Å²) in [7, 11) is 0. The lowest BCUT2D eigenvalue weighted by atomic mass is 9.71. The third kappa shape index (κ3) is 3.52. The summed E-state index contributed by atoms with van der Waals surface area (Å²) in [5, 5.41) is 0. The van der Waals surface area contributed by atoms with Gasteiger partial charge in [-0.2, -0.15) is 0 Å². The van der Waals surface area contributed by atoms with Crippen LogP contribution in [0.5, 0.6) is 0 Å². The van der Waals surface area contributed by atoms with Gasteiger partial charge in [0.05, 0.1) is 6.61 Å². The molecular formula is C14H25NO2. The van der Waals surface area contributed by atoms with E-state index in [9.17, 15) is 4.79 Å². The lowest BCUT2D eigenvalue weighted by Gasteiger charge is -2.38. The van der Waals surface area contributed by atoms with Gasteiger partial charge in [0.2, 0.25) is 0 Å². The van der Waals surface area contributed by atoms with E-state index in [1.807, 2.05) is 0 Å². The highest BCUT2D eigenvalue weighted by molar-refractivity contribution is 5.60. The fourth-order valence-corrected chi connectivity index (χ4v) is 3.05. The van der Waals surface area contributed by atoms with Gasteiger partial charge in [0.15, 0.2) is 0 Å². The minimum absolute atomic E-state index is 0.0587. The van der Waals surface area contributed by atoms with Crippen LogP contribution in [0.4, 0.5) is 0 Å². The Balaban J connectivity index is 1.91. The Morgan fingerprint density at radius 3 is 2.76 bits per heavy atom. The molecule has 0 spiro atoms. The van der Waals surface area contributed by atoms with E-state index in [4.69, 9.17) is 4.74 Å². The fourth-order valence-electron chi connectivity index (χ4n) is 3.05. The van der Waals surface area contributed by atoms with Crippen molar-refractivity contribution in [1.82, 2.24) is 4.90 Å². The van der Waals surface area contributed by atoms with Crippen LogP contribution in [0.1, 0.15) is 39.0 Å². The molecule has 1 heterocycles. The molecule has 0 radical (unpaired) electrons. The summed E-state index contributed by atoms with van der Waals surface area (Å²) in [6, 6.07) is 0. The normalized spacial score (nSPS) is 36.4. The maximum absolute atomic E-state index is 11.5. The maximum atomic E-state index is 11.5. The molecule has 1 saturated heterocycles. The Morgan fingerprint density at radius 2 is 2.06 bits per heavy atom. The van der Waals surface area contributed by atoms with Crippen LogP contribution in [0.2, 0.25) is 0 Å². The summed E-state index contributed by atoms with van der Waals surface area (Å²) >= 11 is 0. The third-order valence-electron chi connectivity index (χ3n) is 4.37. The van der Waals surface area contributed by atoms with Gasteiger partial charge in [-0.25, -0.2) is 0 Å². The van der Waals surface area contributed by atoms with Gasteiger partial charge in [-0.3, -0.25) is 4.90 Å². The van der Waals surface area contributed by atoms with Crippen LogP contribution in [0, 0.1) is 11.3 Å². The van der Waals surface area contributed by atoms with Gasteiger partial charge in [-0.05, 0) is 38.0 Å². The second kappa shape index (κ2) is 5.96. The molecule has 0 unspecified atom stereocenters. The summed E-state index contributed by atoms with van der Waals surface area (Å²) in [6.45, 7) is 7.03. The number of carbonyl (C=O) groups excluding carboxylic acids is 1. The van der Waals surface area contributed by atoms with Crippen LogP contribution in [-0.2, 0) is 9.53 Å². The molecule has 1 aliphatic carbocycles. The largest absolute Gasteiger partial charge is 0.380 e. The minimum Gasteiger partial charge on any atom is -0.380 e. The first-order chi connectivity index (χ1) is 8.24. The summed E-state index contributed by atoms with van der Waals surface area (Å²) < 4.78 is 5.47. The van der Waals surface area contributed by atoms with Gasteiger partial charge in [0.25, 0.3) is 0 Å². The van der Waals surface area contributed by atoms with E-state index in [2.05, 4.69) is 11.8 Å². The standard InChI is InChI=1S/C14H25NO2/c1-13-3-5-14(12-16,6-4-13)11-15-7-2-9-17-10-8-15/h12-13H,2-11H2,1H3. The summed E-state index contributed by atoms with van der Waals surface area (Å²) in [6.07, 6.45) is 6.92. The zero-order valence-electron chi connectivity index (χ0n) is 11.0. The van der Waals surface area contributed by atoms with Crippen LogP contribution in [0.3, 0.4) is 0 Å². The molecule has 0 N–H and O–H groups in total. The topological polar surface area (TPSA) is 29.5 Å². The van der Waals surface area contributed by atoms with Crippen molar-refractivity contribution < 1.29 is 9.53 Å². The SMILES string of the molecule is CC1CCC(C=O)(CN2CCCOCC2)CC1. The number of rotatable bonds is 3. The molecule has 0 aromatic rings. The van der Waals surface area contributed by atoms with Crippen LogP contribution >= 0.6 is 0 Å². The van der Waals surface area contributed by atoms with E-state index in [0.717, 1.165) is 58.0 Å². The Labute approximate surface area is 105 Å². The van der Waals surface area contributed by atoms with Gasteiger partial charge in [0, 0.05) is 31.7 Å². The molecule has 0 aromatic carbocycles. The average molecular weight is 239 g/mol. The Morgan fingerprint density at radius 1 is 1.29 bits per heavy atom. The monoisotopic (exact) mass is 239 g/mol. The third-order valence-corrected chi connectivity index (χ3v) is 4.37. The molecule has 2 aliphatic rings. The van der Waals surface area contributed by atoms with E-state index >= 15 is 0 Å². The molecule has 0 atom stereocenters. The van der Waals surface area contributed by atoms with Gasteiger partial charge >= 0.3 is 0 Å². The molecule has 0 amide bonds. The van der Waals surface area contributed by atoms with E-state index in [1.165, 1.54) is 19.1 Å². The van der Waals surface area contributed by atoms with E-state index in [-0.39, 0.29) is 5.41 Å². The smallest absolute Gasteiger partial charge is 0.127 e. The number of aldehydes is 1. The van der Waals surface area contributed by atoms with Crippen molar-refractivity contribution in [2.75, 3.05) is 32.8 Å². The number of hydrogen-bond acceptors (Lipinski definition) is 3. The molecular weight excluding hydrogens is 214 g/mol. The summed E-state index contributed by atoms with van der Waals surface area (Å²) in [5.74, 6) is 0.801. The quantitative estimate of drug-likeness (QED) is 0.706. The van der Waals surface area contributed by atoms with Crippen molar-refractivity contribution in [3.05, 3.63) is 0 Å². The molecule has 1 saturated carbocycles. The van der Waals surface area contributed by atoms with Crippen LogP contribution in [0.25, 0.3) is 0 Å². The van der Waals surface area contributed by atoms with Gasteiger partial charge in [0.1, 0.15) is 6.29 Å². The Kier molecular flexibility index (Phi) is 4.57. The lowest BCUT2D eigenvalue weighted by Crippen LogP contribution is -2.42. The van der Waals surface area contributed by atoms with Crippen LogP contribution in [0.15, 0.2) is 0 Å². The highest BCUT2D eigenvalue weighted by atomic mass is 16.5. The van der Waals surface area contributed by atoms with Crippen LogP contribution < -0.4 is 0 Å². The first kappa shape index (κ1) is 13.0. The lowest BCUT2D eigenvalue weighted by molar-refractivity contribution is -0.119. The number of hydrogen-bond donors (Lipinski definition) is 0. The van der Waals surface area contributed by atoms with Crippen molar-refractivity contribution in [2.24, 2.45) is 11.3 Å². The molecule has 2 fully saturated rings. The highest BCUT2D eigenvalue weighted by Crippen LogP contribution is 2.38. The van der Waals surface area contributed by atoms with E-state index in [0.29, 0.717) is 0 Å².